The van der Waals surface area contributed by atoms with Crippen molar-refractivity contribution < 1.29 is 0 Å². The van der Waals surface area contributed by atoms with Crippen LogP contribution in [0, 0.1) is 0 Å². The highest BCUT2D eigenvalue weighted by Crippen LogP contribution is 2.41. The molecule has 0 unspecified atom stereocenters. The van der Waals surface area contributed by atoms with Crippen LogP contribution < -0.4 is 0 Å². The van der Waals surface area contributed by atoms with E-state index in [1.54, 1.807) is 0 Å². The summed E-state index contributed by atoms with van der Waals surface area (Å²) in [5.74, 6) is 0. The fraction of sp³-hybridized carbons (Fsp3) is 0. The normalized spacial score (nSPS) is 11.0. The van der Waals surface area contributed by atoms with Crippen LogP contribution in [0.25, 0.3) is 49.9 Å². The Hall–Kier alpha value is -3.64. The molecule has 5 aromatic carbocycles. The molecule has 0 aliphatic rings. The van der Waals surface area contributed by atoms with E-state index in [4.69, 9.17) is 0 Å². The Bertz CT molecular complexity index is 1300. The van der Waals surface area contributed by atoms with Crippen molar-refractivity contribution in [3.8, 4) is 22.3 Å². The highest BCUT2D eigenvalue weighted by molar-refractivity contribution is 6.08. The first-order valence-electron chi connectivity index (χ1n) is 9.58. The van der Waals surface area contributed by atoms with Crippen LogP contribution in [0.2, 0.25) is 0 Å². The molecular formula is C28H20. The third-order valence-corrected chi connectivity index (χ3v) is 5.40. The fourth-order valence-corrected chi connectivity index (χ4v) is 4.09. The van der Waals surface area contributed by atoms with Gasteiger partial charge in [-0.15, -0.1) is 0 Å². The Labute approximate surface area is 165 Å². The second-order valence-corrected chi connectivity index (χ2v) is 7.07. The van der Waals surface area contributed by atoms with Gasteiger partial charge in [-0.2, -0.15) is 0 Å². The van der Waals surface area contributed by atoms with Gasteiger partial charge in [-0.3, -0.25) is 0 Å². The number of benzene rings is 5. The third-order valence-electron chi connectivity index (χ3n) is 5.40. The lowest BCUT2D eigenvalue weighted by Crippen LogP contribution is -1.92. The molecular weight excluding hydrogens is 336 g/mol. The average Bonchev–Trinajstić information content (AvgIpc) is 2.77. The summed E-state index contributed by atoms with van der Waals surface area (Å²) in [4.78, 5) is 0. The van der Waals surface area contributed by atoms with Gasteiger partial charge >= 0.3 is 0 Å². The molecule has 0 aliphatic heterocycles. The van der Waals surface area contributed by atoms with Crippen LogP contribution in [0.5, 0.6) is 0 Å². The minimum absolute atomic E-state index is 1.19. The molecule has 0 saturated heterocycles. The Kier molecular flexibility index (Phi) is 4.03. The minimum atomic E-state index is 1.19. The molecule has 0 aliphatic carbocycles. The summed E-state index contributed by atoms with van der Waals surface area (Å²) >= 11 is 0. The highest BCUT2D eigenvalue weighted by Gasteiger charge is 2.15. The van der Waals surface area contributed by atoms with Gasteiger partial charge in [0.15, 0.2) is 0 Å². The zero-order valence-electron chi connectivity index (χ0n) is 15.6. The van der Waals surface area contributed by atoms with Crippen LogP contribution in [0.1, 0.15) is 5.56 Å². The topological polar surface area (TPSA) is 0 Å². The molecule has 0 heterocycles. The summed E-state index contributed by atoms with van der Waals surface area (Å²) in [6, 6.07) is 36.7. The lowest BCUT2D eigenvalue weighted by molar-refractivity contribution is 1.59. The fourth-order valence-electron chi connectivity index (χ4n) is 4.09. The minimum Gasteiger partial charge on any atom is -0.0984 e. The van der Waals surface area contributed by atoms with Gasteiger partial charge in [-0.05, 0) is 67.6 Å². The highest BCUT2D eigenvalue weighted by atomic mass is 14.2. The van der Waals surface area contributed by atoms with Crippen molar-refractivity contribution in [2.75, 3.05) is 0 Å². The summed E-state index contributed by atoms with van der Waals surface area (Å²) in [5, 5.41) is 5.00. The van der Waals surface area contributed by atoms with Gasteiger partial charge < -0.3 is 0 Å². The number of hydrogen-bond acceptors (Lipinski definition) is 0. The smallest absolute Gasteiger partial charge is 0.00266 e. The molecule has 5 aromatic rings. The molecule has 0 bridgehead atoms. The predicted octanol–water partition coefficient (Wildman–Crippen LogP) is 7.97. The Balaban J connectivity index is 1.95. The van der Waals surface area contributed by atoms with E-state index in [1.807, 2.05) is 6.08 Å². The van der Waals surface area contributed by atoms with E-state index < -0.39 is 0 Å². The summed E-state index contributed by atoms with van der Waals surface area (Å²) in [6.07, 6.45) is 2.01. The lowest BCUT2D eigenvalue weighted by Gasteiger charge is -2.18. The maximum absolute atomic E-state index is 4.18. The van der Waals surface area contributed by atoms with Crippen LogP contribution in [0.15, 0.2) is 110 Å². The lowest BCUT2D eigenvalue weighted by atomic mass is 9.86. The molecule has 5 rings (SSSR count). The first kappa shape index (κ1) is 16.5. The van der Waals surface area contributed by atoms with Gasteiger partial charge in [-0.1, -0.05) is 97.6 Å². The Morgan fingerprint density at radius 1 is 0.536 bits per heavy atom. The van der Waals surface area contributed by atoms with Gasteiger partial charge in [0.2, 0.25) is 0 Å². The van der Waals surface area contributed by atoms with E-state index >= 15 is 0 Å². The Morgan fingerprint density at radius 2 is 1.11 bits per heavy atom. The molecule has 0 amide bonds. The summed E-state index contributed by atoms with van der Waals surface area (Å²) in [5.41, 5.74) is 6.10. The van der Waals surface area contributed by atoms with Crippen molar-refractivity contribution in [3.05, 3.63) is 115 Å². The van der Waals surface area contributed by atoms with Crippen molar-refractivity contribution in [2.24, 2.45) is 0 Å². The van der Waals surface area contributed by atoms with Gasteiger partial charge in [0.25, 0.3) is 0 Å². The molecule has 0 saturated carbocycles. The summed E-state index contributed by atoms with van der Waals surface area (Å²) in [6.45, 7) is 4.18. The van der Waals surface area contributed by atoms with E-state index in [0.29, 0.717) is 0 Å². The second kappa shape index (κ2) is 6.83. The molecule has 0 atom stereocenters. The van der Waals surface area contributed by atoms with Crippen LogP contribution in [0.3, 0.4) is 0 Å². The van der Waals surface area contributed by atoms with Crippen molar-refractivity contribution >= 4 is 27.6 Å². The molecule has 0 spiro atoms. The van der Waals surface area contributed by atoms with Crippen LogP contribution in [-0.2, 0) is 0 Å². The van der Waals surface area contributed by atoms with Crippen LogP contribution in [0.4, 0.5) is 0 Å². The molecule has 0 radical (unpaired) electrons. The van der Waals surface area contributed by atoms with Crippen molar-refractivity contribution in [1.29, 1.82) is 0 Å². The molecule has 0 heteroatoms. The number of fused-ring (bicyclic) bond motifs is 2. The van der Waals surface area contributed by atoms with Crippen molar-refractivity contribution in [3.63, 3.8) is 0 Å². The van der Waals surface area contributed by atoms with Gasteiger partial charge in [0.05, 0.1) is 0 Å². The zero-order chi connectivity index (χ0) is 18.9. The average molecular weight is 356 g/mol. The SMILES string of the molecule is C=Cc1c(-c2ccccc2)c(-c2ccccc2)cc2cc3ccccc3cc12. The molecule has 0 fully saturated rings. The first-order chi connectivity index (χ1) is 13.8. The maximum atomic E-state index is 4.18. The van der Waals surface area contributed by atoms with E-state index in [-0.39, 0.29) is 0 Å². The second-order valence-electron chi connectivity index (χ2n) is 7.07. The first-order valence-corrected chi connectivity index (χ1v) is 9.58. The standard InChI is InChI=1S/C28H20/c1-2-25-26-18-23-16-10-9-15-22(23)17-24(26)19-27(20-11-5-3-6-12-20)28(25)21-13-7-4-8-14-21/h2-19H,1H2. The van der Waals surface area contributed by atoms with Crippen LogP contribution >= 0.6 is 0 Å². The predicted molar refractivity (Wildman–Crippen MR) is 122 cm³/mol. The molecule has 0 aromatic heterocycles. The molecule has 0 N–H and O–H groups in total. The molecule has 28 heavy (non-hydrogen) atoms. The molecule has 0 nitrogen and oxygen atoms in total. The Morgan fingerprint density at radius 3 is 1.75 bits per heavy atom. The number of rotatable bonds is 3. The van der Waals surface area contributed by atoms with Gasteiger partial charge in [0.1, 0.15) is 0 Å². The van der Waals surface area contributed by atoms with Gasteiger partial charge in [-0.25, -0.2) is 0 Å². The number of hydrogen-bond donors (Lipinski definition) is 0. The third kappa shape index (κ3) is 2.71. The monoisotopic (exact) mass is 356 g/mol. The maximum Gasteiger partial charge on any atom is -0.00266 e. The zero-order valence-corrected chi connectivity index (χ0v) is 15.6. The van der Waals surface area contributed by atoms with E-state index in [2.05, 4.69) is 110 Å². The quantitative estimate of drug-likeness (QED) is 0.288. The van der Waals surface area contributed by atoms with E-state index in [9.17, 15) is 0 Å². The van der Waals surface area contributed by atoms with Crippen LogP contribution in [-0.4, -0.2) is 0 Å². The van der Waals surface area contributed by atoms with Gasteiger partial charge in [0, 0.05) is 0 Å². The summed E-state index contributed by atoms with van der Waals surface area (Å²) in [7, 11) is 0. The van der Waals surface area contributed by atoms with E-state index in [1.165, 1.54) is 49.4 Å². The van der Waals surface area contributed by atoms with E-state index in [0.717, 1.165) is 0 Å². The van der Waals surface area contributed by atoms with Crippen molar-refractivity contribution in [1.82, 2.24) is 0 Å². The van der Waals surface area contributed by atoms with Crippen molar-refractivity contribution in [2.45, 2.75) is 0 Å². The largest absolute Gasteiger partial charge is 0.0984 e. The molecule has 132 valence electrons. The summed E-state index contributed by atoms with van der Waals surface area (Å²) < 4.78 is 0.